The van der Waals surface area contributed by atoms with Gasteiger partial charge in [0.1, 0.15) is 11.5 Å². The van der Waals surface area contributed by atoms with Gasteiger partial charge in [0, 0.05) is 6.07 Å². The molecule has 1 aromatic carbocycles. The van der Waals surface area contributed by atoms with E-state index >= 15 is 0 Å². The van der Waals surface area contributed by atoms with E-state index in [2.05, 4.69) is 0 Å². The molecular formula is C13H12Cl2O6. The third kappa shape index (κ3) is 3.65. The van der Waals surface area contributed by atoms with E-state index in [-0.39, 0.29) is 24.7 Å². The fourth-order valence-electron chi connectivity index (χ4n) is 1.78. The Hall–Kier alpha value is -1.79. The molecule has 0 amide bonds. The second kappa shape index (κ2) is 7.28. The van der Waals surface area contributed by atoms with Crippen LogP contribution in [0.15, 0.2) is 6.07 Å². The van der Waals surface area contributed by atoms with Crippen molar-refractivity contribution in [3.8, 4) is 11.5 Å². The minimum Gasteiger partial charge on any atom is -0.493 e. The van der Waals surface area contributed by atoms with Crippen molar-refractivity contribution in [2.75, 3.05) is 13.2 Å². The van der Waals surface area contributed by atoms with E-state index < -0.39 is 33.1 Å². The van der Waals surface area contributed by atoms with Gasteiger partial charge in [-0.15, -0.1) is 0 Å². The van der Waals surface area contributed by atoms with Crippen LogP contribution in [0.1, 0.15) is 44.9 Å². The SMILES string of the molecule is CCOc1cc(OCC)c(C(=O)Cl)c(C(=O)O)c1C(=O)Cl. The highest BCUT2D eigenvalue weighted by atomic mass is 35.5. The molecule has 0 bridgehead atoms. The minimum absolute atomic E-state index is 0.0833. The summed E-state index contributed by atoms with van der Waals surface area (Å²) in [6.07, 6.45) is 0. The van der Waals surface area contributed by atoms with Crippen molar-refractivity contribution in [3.63, 3.8) is 0 Å². The second-order valence-electron chi connectivity index (χ2n) is 3.72. The number of halogens is 2. The largest absolute Gasteiger partial charge is 0.493 e. The minimum atomic E-state index is -1.54. The Bertz CT molecular complexity index is 555. The highest BCUT2D eigenvalue weighted by Crippen LogP contribution is 2.36. The number of aromatic carboxylic acids is 1. The fraction of sp³-hybridized carbons (Fsp3) is 0.308. The molecule has 0 aliphatic heterocycles. The van der Waals surface area contributed by atoms with Crippen molar-refractivity contribution in [1.29, 1.82) is 0 Å². The summed E-state index contributed by atoms with van der Waals surface area (Å²) in [6, 6.07) is 1.23. The first-order chi connectivity index (χ1) is 9.84. The normalized spacial score (nSPS) is 10.1. The van der Waals surface area contributed by atoms with Gasteiger partial charge in [-0.2, -0.15) is 0 Å². The molecule has 8 heteroatoms. The van der Waals surface area contributed by atoms with Crippen molar-refractivity contribution in [2.45, 2.75) is 13.8 Å². The molecule has 21 heavy (non-hydrogen) atoms. The maximum atomic E-state index is 11.5. The van der Waals surface area contributed by atoms with E-state index in [9.17, 15) is 19.5 Å². The monoisotopic (exact) mass is 334 g/mol. The molecular weight excluding hydrogens is 323 g/mol. The van der Waals surface area contributed by atoms with Crippen LogP contribution in [0.2, 0.25) is 0 Å². The molecule has 114 valence electrons. The van der Waals surface area contributed by atoms with Gasteiger partial charge in [0.15, 0.2) is 0 Å². The molecule has 0 atom stereocenters. The summed E-state index contributed by atoms with van der Waals surface area (Å²) in [4.78, 5) is 34.5. The van der Waals surface area contributed by atoms with E-state index in [0.29, 0.717) is 0 Å². The lowest BCUT2D eigenvalue weighted by Crippen LogP contribution is -2.15. The van der Waals surface area contributed by atoms with Gasteiger partial charge in [0.25, 0.3) is 10.5 Å². The summed E-state index contributed by atoms with van der Waals surface area (Å²) < 4.78 is 10.4. The first-order valence-corrected chi connectivity index (χ1v) is 6.70. The molecule has 1 N–H and O–H groups in total. The molecule has 0 heterocycles. The summed E-state index contributed by atoms with van der Waals surface area (Å²) >= 11 is 10.8. The molecule has 0 saturated carbocycles. The van der Waals surface area contributed by atoms with Gasteiger partial charge in [-0.05, 0) is 37.0 Å². The number of ether oxygens (including phenoxy) is 2. The molecule has 0 aliphatic carbocycles. The van der Waals surface area contributed by atoms with E-state index in [0.717, 1.165) is 0 Å². The summed E-state index contributed by atoms with van der Waals surface area (Å²) in [6.45, 7) is 3.61. The predicted molar refractivity (Wildman–Crippen MR) is 76.1 cm³/mol. The molecule has 0 unspecified atom stereocenters. The average molecular weight is 335 g/mol. The van der Waals surface area contributed by atoms with E-state index in [4.69, 9.17) is 32.7 Å². The molecule has 0 aromatic heterocycles. The molecule has 0 fully saturated rings. The molecule has 0 spiro atoms. The summed E-state index contributed by atoms with van der Waals surface area (Å²) in [5, 5.41) is 7.15. The van der Waals surface area contributed by atoms with Gasteiger partial charge in [-0.1, -0.05) is 0 Å². The van der Waals surface area contributed by atoms with Crippen molar-refractivity contribution >= 4 is 39.7 Å². The second-order valence-corrected chi connectivity index (χ2v) is 4.40. The third-order valence-electron chi connectivity index (χ3n) is 2.46. The fourth-order valence-corrected chi connectivity index (χ4v) is 2.15. The summed E-state index contributed by atoms with van der Waals surface area (Å²) in [7, 11) is 0. The van der Waals surface area contributed by atoms with Gasteiger partial charge < -0.3 is 14.6 Å². The Morgan fingerprint density at radius 3 is 1.57 bits per heavy atom. The number of hydrogen-bond acceptors (Lipinski definition) is 5. The van der Waals surface area contributed by atoms with E-state index in [1.165, 1.54) is 6.07 Å². The number of carbonyl (C=O) groups is 3. The third-order valence-corrected chi connectivity index (χ3v) is 2.84. The zero-order chi connectivity index (χ0) is 16.2. The zero-order valence-electron chi connectivity index (χ0n) is 11.2. The lowest BCUT2D eigenvalue weighted by Gasteiger charge is -2.16. The average Bonchev–Trinajstić information content (AvgIpc) is 2.37. The summed E-state index contributed by atoms with van der Waals surface area (Å²) in [5.41, 5.74) is -1.50. The van der Waals surface area contributed by atoms with Crippen LogP contribution in [0.25, 0.3) is 0 Å². The van der Waals surface area contributed by atoms with E-state index in [1.54, 1.807) is 13.8 Å². The number of carbonyl (C=O) groups excluding carboxylic acids is 2. The Kier molecular flexibility index (Phi) is 5.99. The van der Waals surface area contributed by atoms with Gasteiger partial charge >= 0.3 is 5.97 Å². The van der Waals surface area contributed by atoms with Crippen LogP contribution >= 0.6 is 23.2 Å². The lowest BCUT2D eigenvalue weighted by molar-refractivity contribution is 0.0688. The standard InChI is InChI=1S/C13H12Cl2O6/c1-3-20-6-5-7(21-4-2)9(12(15)17)10(13(18)19)8(6)11(14)16/h5H,3-4H2,1-2H3,(H,18,19). The van der Waals surface area contributed by atoms with Crippen LogP contribution < -0.4 is 9.47 Å². The zero-order valence-corrected chi connectivity index (χ0v) is 12.7. The number of hydrogen-bond donors (Lipinski definition) is 1. The lowest BCUT2D eigenvalue weighted by atomic mass is 10.00. The molecule has 0 saturated heterocycles. The van der Waals surface area contributed by atoms with Crippen molar-refractivity contribution < 1.29 is 29.0 Å². The van der Waals surface area contributed by atoms with Gasteiger partial charge in [0.05, 0.1) is 29.9 Å². The first-order valence-electron chi connectivity index (χ1n) is 5.94. The first kappa shape index (κ1) is 17.3. The van der Waals surface area contributed by atoms with E-state index in [1.807, 2.05) is 0 Å². The maximum absolute atomic E-state index is 11.5. The quantitative estimate of drug-likeness (QED) is 0.771. The smallest absolute Gasteiger partial charge is 0.337 e. The molecule has 1 aromatic rings. The molecule has 6 nitrogen and oxygen atoms in total. The number of benzene rings is 1. The van der Waals surface area contributed by atoms with Crippen LogP contribution in [0.4, 0.5) is 0 Å². The molecule has 0 aliphatic rings. The van der Waals surface area contributed by atoms with Gasteiger partial charge in [0.2, 0.25) is 0 Å². The Morgan fingerprint density at radius 2 is 1.33 bits per heavy atom. The number of carboxylic acid groups (broad SMARTS) is 1. The topological polar surface area (TPSA) is 89.9 Å². The van der Waals surface area contributed by atoms with Gasteiger partial charge in [-0.3, -0.25) is 9.59 Å². The van der Waals surface area contributed by atoms with Crippen molar-refractivity contribution in [2.24, 2.45) is 0 Å². The molecule has 0 radical (unpaired) electrons. The Labute approximate surface area is 130 Å². The molecule has 1 rings (SSSR count). The predicted octanol–water partition coefficient (Wildman–Crippen LogP) is 2.94. The van der Waals surface area contributed by atoms with Crippen LogP contribution in [0.3, 0.4) is 0 Å². The van der Waals surface area contributed by atoms with Crippen LogP contribution in [0, 0.1) is 0 Å². The summed E-state index contributed by atoms with van der Waals surface area (Å²) in [5.74, 6) is -1.70. The number of rotatable bonds is 7. The van der Waals surface area contributed by atoms with Gasteiger partial charge in [-0.25, -0.2) is 4.79 Å². The van der Waals surface area contributed by atoms with Crippen molar-refractivity contribution in [1.82, 2.24) is 0 Å². The maximum Gasteiger partial charge on any atom is 0.337 e. The Morgan fingerprint density at radius 1 is 0.952 bits per heavy atom. The number of carboxylic acids is 1. The van der Waals surface area contributed by atoms with Crippen LogP contribution in [-0.4, -0.2) is 34.8 Å². The highest BCUT2D eigenvalue weighted by Gasteiger charge is 2.30. The van der Waals surface area contributed by atoms with Crippen LogP contribution in [0.5, 0.6) is 11.5 Å². The van der Waals surface area contributed by atoms with Crippen LogP contribution in [-0.2, 0) is 0 Å². The highest BCUT2D eigenvalue weighted by molar-refractivity contribution is 6.70. The van der Waals surface area contributed by atoms with Crippen molar-refractivity contribution in [3.05, 3.63) is 22.8 Å². The Balaban J connectivity index is 3.83.